The molecule has 174 valence electrons. The number of allylic oxidation sites excluding steroid dienone is 2. The summed E-state index contributed by atoms with van der Waals surface area (Å²) in [6.07, 6.45) is 4.94. The summed E-state index contributed by atoms with van der Waals surface area (Å²) in [6.45, 7) is 0. The highest BCUT2D eigenvalue weighted by Gasteiger charge is 2.39. The molecule has 3 atom stereocenters. The van der Waals surface area contributed by atoms with Gasteiger partial charge in [-0.05, 0) is 59.9 Å². The number of carboxylic acid groups (broad SMARTS) is 1. The molecular weight excluding hydrogens is 452 g/mol. The van der Waals surface area contributed by atoms with Crippen molar-refractivity contribution in [3.8, 4) is 5.75 Å². The van der Waals surface area contributed by atoms with Gasteiger partial charge in [0.25, 0.3) is 10.0 Å². The molecule has 3 N–H and O–H groups in total. The van der Waals surface area contributed by atoms with Crippen LogP contribution < -0.4 is 14.8 Å². The van der Waals surface area contributed by atoms with Gasteiger partial charge < -0.3 is 15.2 Å². The summed E-state index contributed by atoms with van der Waals surface area (Å²) in [5.74, 6) is -0.343. The number of rotatable bonds is 6. The third kappa shape index (κ3) is 3.90. The van der Waals surface area contributed by atoms with E-state index < -0.39 is 16.0 Å². The predicted molar refractivity (Wildman–Crippen MR) is 130 cm³/mol. The van der Waals surface area contributed by atoms with Crippen molar-refractivity contribution in [2.75, 3.05) is 17.1 Å². The molecule has 1 heterocycles. The monoisotopic (exact) mass is 476 g/mol. The van der Waals surface area contributed by atoms with Gasteiger partial charge in [-0.15, -0.1) is 0 Å². The maximum absolute atomic E-state index is 13.1. The zero-order chi connectivity index (χ0) is 23.9. The summed E-state index contributed by atoms with van der Waals surface area (Å²) in [5.41, 5.74) is 3.11. The normalized spacial score (nSPS) is 20.7. The highest BCUT2D eigenvalue weighted by atomic mass is 32.2. The topological polar surface area (TPSA) is 105 Å². The second-order valence-corrected chi connectivity index (χ2v) is 10.1. The molecular formula is C26H24N2O5S. The summed E-state index contributed by atoms with van der Waals surface area (Å²) in [6, 6.07) is 18.6. The SMILES string of the molecule is COc1cccc(NS(=O)(=O)c2ccc3c(c2)[C@H]2C=CC[C@H]2[C@@H](c2ccccc2C(=O)O)N3)c1. The lowest BCUT2D eigenvalue weighted by Crippen LogP contribution is -2.30. The molecule has 0 aromatic heterocycles. The Balaban J connectivity index is 1.50. The summed E-state index contributed by atoms with van der Waals surface area (Å²) in [4.78, 5) is 12.0. The van der Waals surface area contributed by atoms with Crippen molar-refractivity contribution in [1.82, 2.24) is 0 Å². The largest absolute Gasteiger partial charge is 0.497 e. The van der Waals surface area contributed by atoms with Crippen molar-refractivity contribution in [3.05, 3.63) is 95.6 Å². The van der Waals surface area contributed by atoms with Crippen LogP contribution in [0.1, 0.15) is 39.9 Å². The van der Waals surface area contributed by atoms with E-state index in [-0.39, 0.29) is 28.3 Å². The number of aromatic carboxylic acids is 1. The molecule has 34 heavy (non-hydrogen) atoms. The number of hydrogen-bond donors (Lipinski definition) is 3. The first-order valence-corrected chi connectivity index (χ1v) is 12.4. The van der Waals surface area contributed by atoms with Gasteiger partial charge in [-0.25, -0.2) is 13.2 Å². The molecule has 0 unspecified atom stereocenters. The number of anilines is 2. The Bertz CT molecular complexity index is 1400. The van der Waals surface area contributed by atoms with Gasteiger partial charge in [0, 0.05) is 17.7 Å². The van der Waals surface area contributed by atoms with Gasteiger partial charge in [0.15, 0.2) is 0 Å². The van der Waals surface area contributed by atoms with Crippen LogP contribution in [0.3, 0.4) is 0 Å². The Morgan fingerprint density at radius 2 is 1.88 bits per heavy atom. The molecule has 0 fully saturated rings. The first-order chi connectivity index (χ1) is 16.4. The molecule has 1 aliphatic heterocycles. The van der Waals surface area contributed by atoms with Crippen molar-refractivity contribution in [2.24, 2.45) is 5.92 Å². The van der Waals surface area contributed by atoms with Crippen LogP contribution in [0, 0.1) is 5.92 Å². The van der Waals surface area contributed by atoms with Crippen molar-refractivity contribution in [1.29, 1.82) is 0 Å². The van der Waals surface area contributed by atoms with Gasteiger partial charge in [0.2, 0.25) is 0 Å². The van der Waals surface area contributed by atoms with Gasteiger partial charge in [-0.2, -0.15) is 0 Å². The van der Waals surface area contributed by atoms with E-state index in [4.69, 9.17) is 4.74 Å². The molecule has 0 radical (unpaired) electrons. The average Bonchev–Trinajstić information content (AvgIpc) is 3.33. The third-order valence-electron chi connectivity index (χ3n) is 6.49. The van der Waals surface area contributed by atoms with Crippen LogP contribution in [-0.2, 0) is 10.0 Å². The summed E-state index contributed by atoms with van der Waals surface area (Å²) in [7, 11) is -2.29. The Morgan fingerprint density at radius 3 is 2.68 bits per heavy atom. The second kappa shape index (κ2) is 8.53. The van der Waals surface area contributed by atoms with E-state index in [2.05, 4.69) is 22.2 Å². The van der Waals surface area contributed by atoms with Crippen LogP contribution in [0.15, 0.2) is 83.8 Å². The molecule has 0 amide bonds. The first-order valence-electron chi connectivity index (χ1n) is 10.9. The highest BCUT2D eigenvalue weighted by Crippen LogP contribution is 2.50. The minimum absolute atomic E-state index is 0.0185. The lowest BCUT2D eigenvalue weighted by Gasteiger charge is -2.38. The maximum atomic E-state index is 13.1. The first kappa shape index (κ1) is 22.0. The maximum Gasteiger partial charge on any atom is 0.336 e. The Morgan fingerprint density at radius 1 is 1.06 bits per heavy atom. The second-order valence-electron chi connectivity index (χ2n) is 8.45. The number of carbonyl (C=O) groups is 1. The van der Waals surface area contributed by atoms with Crippen molar-refractivity contribution >= 4 is 27.4 Å². The molecule has 3 aromatic rings. The van der Waals surface area contributed by atoms with Crippen molar-refractivity contribution < 1.29 is 23.1 Å². The number of ether oxygens (including phenoxy) is 1. The predicted octanol–water partition coefficient (Wildman–Crippen LogP) is 5.02. The summed E-state index contributed by atoms with van der Waals surface area (Å²) < 4.78 is 34.1. The number of hydrogen-bond acceptors (Lipinski definition) is 5. The zero-order valence-corrected chi connectivity index (χ0v) is 19.2. The summed E-state index contributed by atoms with van der Waals surface area (Å²) in [5, 5.41) is 13.2. The Hall–Kier alpha value is -3.78. The Labute approximate surface area is 198 Å². The van der Waals surface area contributed by atoms with Crippen LogP contribution in [0.25, 0.3) is 0 Å². The van der Waals surface area contributed by atoms with Crippen molar-refractivity contribution in [2.45, 2.75) is 23.3 Å². The quantitative estimate of drug-likeness (QED) is 0.432. The molecule has 7 nitrogen and oxygen atoms in total. The smallest absolute Gasteiger partial charge is 0.336 e. The molecule has 0 bridgehead atoms. The molecule has 0 spiro atoms. The van der Waals surface area contributed by atoms with E-state index in [0.717, 1.165) is 23.2 Å². The van der Waals surface area contributed by atoms with E-state index in [9.17, 15) is 18.3 Å². The highest BCUT2D eigenvalue weighted by molar-refractivity contribution is 7.92. The minimum Gasteiger partial charge on any atom is -0.497 e. The van der Waals surface area contributed by atoms with Crippen molar-refractivity contribution in [3.63, 3.8) is 0 Å². The Kier molecular flexibility index (Phi) is 5.53. The van der Waals surface area contributed by atoms with E-state index in [1.807, 2.05) is 12.1 Å². The van der Waals surface area contributed by atoms with Gasteiger partial charge in [0.1, 0.15) is 5.75 Å². The van der Waals surface area contributed by atoms with Gasteiger partial charge in [-0.3, -0.25) is 4.72 Å². The summed E-state index contributed by atoms with van der Waals surface area (Å²) >= 11 is 0. The van der Waals surface area contributed by atoms with E-state index in [1.165, 1.54) is 7.11 Å². The van der Waals surface area contributed by atoms with Crippen LogP contribution in [-0.4, -0.2) is 26.6 Å². The molecule has 2 aliphatic rings. The van der Waals surface area contributed by atoms with Gasteiger partial charge in [-0.1, -0.05) is 36.4 Å². The van der Waals surface area contributed by atoms with Crippen LogP contribution in [0.5, 0.6) is 5.75 Å². The zero-order valence-electron chi connectivity index (χ0n) is 18.4. The number of methoxy groups -OCH3 is 1. The molecule has 5 rings (SSSR count). The van der Waals surface area contributed by atoms with E-state index >= 15 is 0 Å². The van der Waals surface area contributed by atoms with Crippen LogP contribution in [0.2, 0.25) is 0 Å². The standard InChI is InChI=1S/C26H24N2O5S/c1-33-17-7-4-6-16(14-17)28-34(31,32)18-12-13-24-23(15-18)19-10-5-11-20(19)25(27-24)21-8-2-3-9-22(21)26(29)30/h2-10,12-15,19-20,25,27-28H,11H2,1H3,(H,29,30)/t19-,20+,25-/m0/s1. The minimum atomic E-state index is -3.82. The van der Waals surface area contributed by atoms with Crippen LogP contribution in [0.4, 0.5) is 11.4 Å². The van der Waals surface area contributed by atoms with Gasteiger partial charge in [0.05, 0.1) is 29.3 Å². The third-order valence-corrected chi connectivity index (χ3v) is 7.87. The lowest BCUT2D eigenvalue weighted by molar-refractivity contribution is 0.0694. The number of carboxylic acids is 1. The fraction of sp³-hybridized carbons (Fsp3) is 0.192. The number of benzene rings is 3. The fourth-order valence-electron chi connectivity index (χ4n) is 4.91. The molecule has 0 saturated heterocycles. The lowest BCUT2D eigenvalue weighted by atomic mass is 9.76. The van der Waals surface area contributed by atoms with E-state index in [0.29, 0.717) is 11.4 Å². The fourth-order valence-corrected chi connectivity index (χ4v) is 6.00. The molecule has 1 aliphatic carbocycles. The van der Waals surface area contributed by atoms with Crippen LogP contribution >= 0.6 is 0 Å². The molecule has 0 saturated carbocycles. The van der Waals surface area contributed by atoms with E-state index in [1.54, 1.807) is 54.6 Å². The van der Waals surface area contributed by atoms with Gasteiger partial charge >= 0.3 is 5.97 Å². The molecule has 8 heteroatoms. The number of fused-ring (bicyclic) bond motifs is 3. The number of sulfonamides is 1. The number of nitrogens with one attached hydrogen (secondary N) is 2. The average molecular weight is 477 g/mol. The molecule has 3 aromatic carbocycles.